The lowest BCUT2D eigenvalue weighted by molar-refractivity contribution is 0.0931. The monoisotopic (exact) mass is 417 g/mol. The van der Waals surface area contributed by atoms with E-state index in [-0.39, 0.29) is 17.4 Å². The Labute approximate surface area is 180 Å². The highest BCUT2D eigenvalue weighted by Crippen LogP contribution is 2.31. The maximum Gasteiger partial charge on any atom is 0.170 e. The lowest BCUT2D eigenvalue weighted by Crippen LogP contribution is -2.23. The number of benzene rings is 3. The standard InChI is InChI=1S/C26H24FNO3/c27-22-3-1-2-17(13-22)20-6-9-28(16-20)10-7-24(29)19-5-4-18-14-23-25(30)8-11-31-26(23)15-21(18)12-19/h1-5,12-15,20H,6-11,16H2. The Balaban J connectivity index is 1.24. The number of ether oxygens (including phenoxy) is 1. The molecule has 0 saturated carbocycles. The minimum atomic E-state index is -0.196. The van der Waals surface area contributed by atoms with Crippen LogP contribution in [0.4, 0.5) is 4.39 Å². The average molecular weight is 417 g/mol. The van der Waals surface area contributed by atoms with Gasteiger partial charge in [-0.1, -0.05) is 24.3 Å². The van der Waals surface area contributed by atoms with E-state index in [1.807, 2.05) is 36.4 Å². The molecular weight excluding hydrogens is 393 g/mol. The Kier molecular flexibility index (Phi) is 5.28. The van der Waals surface area contributed by atoms with Crippen molar-refractivity contribution in [3.8, 4) is 5.75 Å². The Hall–Kier alpha value is -3.05. The first-order valence-electron chi connectivity index (χ1n) is 10.8. The predicted octanol–water partition coefficient (Wildman–Crippen LogP) is 5.01. The Morgan fingerprint density at radius 1 is 1.10 bits per heavy atom. The molecule has 0 N–H and O–H groups in total. The largest absolute Gasteiger partial charge is 0.492 e. The Morgan fingerprint density at radius 3 is 2.87 bits per heavy atom. The SMILES string of the molecule is O=C(CCN1CCC(c2cccc(F)c2)C1)c1ccc2cc3c(cc2c1)OCCC3=O. The lowest BCUT2D eigenvalue weighted by Gasteiger charge is -2.17. The van der Waals surface area contributed by atoms with E-state index < -0.39 is 0 Å². The molecule has 5 heteroatoms. The number of rotatable bonds is 5. The van der Waals surface area contributed by atoms with Crippen LogP contribution in [0.5, 0.6) is 5.75 Å². The van der Waals surface area contributed by atoms with E-state index in [1.165, 1.54) is 6.07 Å². The molecule has 1 fully saturated rings. The highest BCUT2D eigenvalue weighted by atomic mass is 19.1. The number of ketones is 2. The van der Waals surface area contributed by atoms with Crippen LogP contribution in [0.3, 0.4) is 0 Å². The van der Waals surface area contributed by atoms with Gasteiger partial charge in [-0.25, -0.2) is 4.39 Å². The van der Waals surface area contributed by atoms with E-state index in [1.54, 1.807) is 12.1 Å². The second-order valence-corrected chi connectivity index (χ2v) is 8.45. The van der Waals surface area contributed by atoms with Gasteiger partial charge in [0.05, 0.1) is 12.2 Å². The van der Waals surface area contributed by atoms with E-state index in [4.69, 9.17) is 4.74 Å². The summed E-state index contributed by atoms with van der Waals surface area (Å²) in [7, 11) is 0. The fourth-order valence-electron chi connectivity index (χ4n) is 4.65. The summed E-state index contributed by atoms with van der Waals surface area (Å²) in [6, 6.07) is 16.2. The van der Waals surface area contributed by atoms with Crippen molar-refractivity contribution in [1.82, 2.24) is 4.90 Å². The van der Waals surface area contributed by atoms with Crippen LogP contribution < -0.4 is 4.74 Å². The Morgan fingerprint density at radius 2 is 2.00 bits per heavy atom. The minimum absolute atomic E-state index is 0.102. The summed E-state index contributed by atoms with van der Waals surface area (Å²) in [6.07, 6.45) is 1.84. The third kappa shape index (κ3) is 4.10. The summed E-state index contributed by atoms with van der Waals surface area (Å²) in [6.45, 7) is 2.88. The zero-order valence-corrected chi connectivity index (χ0v) is 17.3. The van der Waals surface area contributed by atoms with Gasteiger partial charge in [0.1, 0.15) is 11.6 Å². The molecule has 1 atom stereocenters. The van der Waals surface area contributed by atoms with Crippen molar-refractivity contribution in [1.29, 1.82) is 0 Å². The number of carbonyl (C=O) groups excluding carboxylic acids is 2. The van der Waals surface area contributed by atoms with Gasteiger partial charge >= 0.3 is 0 Å². The molecule has 1 unspecified atom stereocenters. The quantitative estimate of drug-likeness (QED) is 0.548. The summed E-state index contributed by atoms with van der Waals surface area (Å²) in [5.41, 5.74) is 2.34. The van der Waals surface area contributed by atoms with E-state index in [0.717, 1.165) is 35.8 Å². The highest BCUT2D eigenvalue weighted by molar-refractivity contribution is 6.05. The molecule has 158 valence electrons. The van der Waals surface area contributed by atoms with Crippen molar-refractivity contribution in [2.24, 2.45) is 0 Å². The van der Waals surface area contributed by atoms with E-state index in [2.05, 4.69) is 4.90 Å². The maximum atomic E-state index is 13.5. The van der Waals surface area contributed by atoms with Crippen molar-refractivity contribution in [2.75, 3.05) is 26.2 Å². The third-order valence-corrected chi connectivity index (χ3v) is 6.40. The van der Waals surface area contributed by atoms with Gasteiger partial charge in [0.2, 0.25) is 0 Å². The molecule has 2 aliphatic rings. The number of hydrogen-bond donors (Lipinski definition) is 0. The molecule has 1 saturated heterocycles. The van der Waals surface area contributed by atoms with Crippen LogP contribution in [0, 0.1) is 5.82 Å². The molecule has 3 aromatic carbocycles. The second kappa shape index (κ2) is 8.23. The number of hydrogen-bond acceptors (Lipinski definition) is 4. The van der Waals surface area contributed by atoms with Crippen LogP contribution >= 0.6 is 0 Å². The minimum Gasteiger partial charge on any atom is -0.492 e. The second-order valence-electron chi connectivity index (χ2n) is 8.45. The molecule has 0 radical (unpaired) electrons. The normalized spacial score (nSPS) is 18.7. The van der Waals surface area contributed by atoms with Crippen LogP contribution in [0.2, 0.25) is 0 Å². The van der Waals surface area contributed by atoms with Crippen LogP contribution in [0.1, 0.15) is 51.5 Å². The van der Waals surface area contributed by atoms with Crippen LogP contribution in [-0.2, 0) is 0 Å². The van der Waals surface area contributed by atoms with Crippen LogP contribution in [0.15, 0.2) is 54.6 Å². The Bertz CT molecular complexity index is 1170. The van der Waals surface area contributed by atoms with Crippen LogP contribution in [0.25, 0.3) is 10.8 Å². The summed E-state index contributed by atoms with van der Waals surface area (Å²) < 4.78 is 19.1. The zero-order chi connectivity index (χ0) is 21.4. The first-order chi connectivity index (χ1) is 15.1. The molecule has 0 aromatic heterocycles. The molecule has 0 aliphatic carbocycles. The van der Waals surface area contributed by atoms with Crippen molar-refractivity contribution in [3.05, 3.63) is 77.1 Å². The fraction of sp³-hybridized carbons (Fsp3) is 0.308. The number of likely N-dealkylation sites (tertiary alicyclic amines) is 1. The maximum absolute atomic E-state index is 13.5. The number of nitrogens with zero attached hydrogens (tertiary/aromatic N) is 1. The number of Topliss-reactive ketones (excluding diaryl/α,β-unsaturated/α-hetero) is 2. The van der Waals surface area contributed by atoms with Gasteiger partial charge in [0.15, 0.2) is 11.6 Å². The molecule has 31 heavy (non-hydrogen) atoms. The van der Waals surface area contributed by atoms with Gasteiger partial charge in [-0.05, 0) is 65.6 Å². The fourth-order valence-corrected chi connectivity index (χ4v) is 4.65. The third-order valence-electron chi connectivity index (χ3n) is 6.40. The van der Waals surface area contributed by atoms with Gasteiger partial charge in [0, 0.05) is 31.5 Å². The van der Waals surface area contributed by atoms with Gasteiger partial charge in [-0.15, -0.1) is 0 Å². The molecule has 5 rings (SSSR count). The average Bonchev–Trinajstić information content (AvgIpc) is 3.25. The lowest BCUT2D eigenvalue weighted by atomic mass is 9.97. The summed E-state index contributed by atoms with van der Waals surface area (Å²) in [5, 5.41) is 1.85. The summed E-state index contributed by atoms with van der Waals surface area (Å²) in [4.78, 5) is 27.2. The molecule has 2 aliphatic heterocycles. The van der Waals surface area contributed by atoms with Crippen molar-refractivity contribution in [3.63, 3.8) is 0 Å². The number of carbonyl (C=O) groups is 2. The highest BCUT2D eigenvalue weighted by Gasteiger charge is 2.24. The first kappa shape index (κ1) is 19.9. The van der Waals surface area contributed by atoms with E-state index >= 15 is 0 Å². The van der Waals surface area contributed by atoms with Gasteiger partial charge in [-0.3, -0.25) is 9.59 Å². The first-order valence-corrected chi connectivity index (χ1v) is 10.8. The van der Waals surface area contributed by atoms with E-state index in [9.17, 15) is 14.0 Å². The molecular formula is C26H24FNO3. The number of halogens is 1. The van der Waals surface area contributed by atoms with Crippen molar-refractivity contribution < 1.29 is 18.7 Å². The van der Waals surface area contributed by atoms with Crippen molar-refractivity contribution in [2.45, 2.75) is 25.2 Å². The zero-order valence-electron chi connectivity index (χ0n) is 17.3. The smallest absolute Gasteiger partial charge is 0.170 e. The van der Waals surface area contributed by atoms with Gasteiger partial charge in [0.25, 0.3) is 0 Å². The summed E-state index contributed by atoms with van der Waals surface area (Å²) >= 11 is 0. The molecule has 2 heterocycles. The molecule has 0 bridgehead atoms. The van der Waals surface area contributed by atoms with Gasteiger partial charge < -0.3 is 9.64 Å². The number of fused-ring (bicyclic) bond motifs is 2. The van der Waals surface area contributed by atoms with E-state index in [0.29, 0.717) is 48.8 Å². The molecule has 4 nitrogen and oxygen atoms in total. The molecule has 3 aromatic rings. The summed E-state index contributed by atoms with van der Waals surface area (Å²) in [5.74, 6) is 0.934. The van der Waals surface area contributed by atoms with Crippen LogP contribution in [-0.4, -0.2) is 42.7 Å². The van der Waals surface area contributed by atoms with Crippen molar-refractivity contribution >= 4 is 22.3 Å². The topological polar surface area (TPSA) is 46.6 Å². The molecule has 0 spiro atoms. The van der Waals surface area contributed by atoms with Gasteiger partial charge in [-0.2, -0.15) is 0 Å². The predicted molar refractivity (Wildman–Crippen MR) is 118 cm³/mol. The molecule has 0 amide bonds.